The van der Waals surface area contributed by atoms with Gasteiger partial charge in [0.1, 0.15) is 5.78 Å². The summed E-state index contributed by atoms with van der Waals surface area (Å²) in [6.07, 6.45) is 4.91. The number of benzene rings is 1. The average Bonchev–Trinajstić information content (AvgIpc) is 2.83. The fraction of sp³-hybridized carbons (Fsp3) is 0.562. The second-order valence-electron chi connectivity index (χ2n) is 6.36. The maximum absolute atomic E-state index is 12.4. The zero-order valence-electron chi connectivity index (χ0n) is 10.8. The Morgan fingerprint density at radius 2 is 1.71 bits per heavy atom. The van der Waals surface area contributed by atoms with Crippen LogP contribution in [0.25, 0.3) is 0 Å². The minimum absolute atomic E-state index is 0.0382. The van der Waals surface area contributed by atoms with Crippen molar-refractivity contribution in [2.45, 2.75) is 46.0 Å². The summed E-state index contributed by atoms with van der Waals surface area (Å²) in [4.78, 5) is 12.4. The second-order valence-corrected chi connectivity index (χ2v) is 6.36. The number of Topliss-reactive ketones (excluding diaryl/α,β-unsaturated/α-hetero) is 1. The molecule has 0 amide bonds. The molecule has 1 fully saturated rings. The molecule has 17 heavy (non-hydrogen) atoms. The summed E-state index contributed by atoms with van der Waals surface area (Å²) in [5.74, 6) is 0.511. The van der Waals surface area contributed by atoms with Crippen molar-refractivity contribution in [2.75, 3.05) is 0 Å². The average molecular weight is 228 g/mol. The SMILES string of the molecule is CC1(C)CC12Cc1ccccc1CCCC2=O. The van der Waals surface area contributed by atoms with Crippen LogP contribution in [-0.4, -0.2) is 5.78 Å². The van der Waals surface area contributed by atoms with Gasteiger partial charge in [0.05, 0.1) is 0 Å². The minimum atomic E-state index is -0.0382. The van der Waals surface area contributed by atoms with E-state index in [1.54, 1.807) is 0 Å². The lowest BCUT2D eigenvalue weighted by atomic mass is 9.79. The number of hydrogen-bond donors (Lipinski definition) is 0. The molecule has 3 rings (SSSR count). The van der Waals surface area contributed by atoms with E-state index in [-0.39, 0.29) is 10.8 Å². The second kappa shape index (κ2) is 3.44. The number of carbonyl (C=O) groups excluding carboxylic acids is 1. The topological polar surface area (TPSA) is 17.1 Å². The Morgan fingerprint density at radius 3 is 2.35 bits per heavy atom. The fourth-order valence-electron chi connectivity index (χ4n) is 3.56. The van der Waals surface area contributed by atoms with E-state index in [0.29, 0.717) is 5.78 Å². The molecule has 1 nitrogen and oxygen atoms in total. The first-order chi connectivity index (χ1) is 8.05. The number of carbonyl (C=O) groups is 1. The van der Waals surface area contributed by atoms with E-state index in [1.165, 1.54) is 11.1 Å². The fourth-order valence-corrected chi connectivity index (χ4v) is 3.56. The summed E-state index contributed by atoms with van der Waals surface area (Å²) in [5, 5.41) is 0. The molecule has 1 spiro atoms. The summed E-state index contributed by atoms with van der Waals surface area (Å²) >= 11 is 0. The van der Waals surface area contributed by atoms with Gasteiger partial charge in [0.15, 0.2) is 0 Å². The number of hydrogen-bond acceptors (Lipinski definition) is 1. The molecule has 1 aromatic rings. The van der Waals surface area contributed by atoms with Gasteiger partial charge in [-0.3, -0.25) is 4.79 Å². The summed E-state index contributed by atoms with van der Waals surface area (Å²) in [5.41, 5.74) is 3.05. The molecule has 0 saturated heterocycles. The largest absolute Gasteiger partial charge is 0.299 e. The zero-order chi connectivity index (χ0) is 12.1. The molecule has 1 aromatic carbocycles. The standard InChI is InChI=1S/C16H20O/c1-15(2)11-16(15)10-13-7-4-3-6-12(13)8-5-9-14(16)17/h3-4,6-7H,5,8-11H2,1-2H3. The monoisotopic (exact) mass is 228 g/mol. The Balaban J connectivity index is 2.02. The third kappa shape index (κ3) is 1.55. The van der Waals surface area contributed by atoms with Crippen LogP contribution in [0.3, 0.4) is 0 Å². The molecule has 0 aliphatic heterocycles. The van der Waals surface area contributed by atoms with Gasteiger partial charge in [-0.1, -0.05) is 38.1 Å². The quantitative estimate of drug-likeness (QED) is 0.663. The molecule has 1 heteroatoms. The van der Waals surface area contributed by atoms with Crippen LogP contribution in [-0.2, 0) is 17.6 Å². The van der Waals surface area contributed by atoms with Crippen molar-refractivity contribution in [1.82, 2.24) is 0 Å². The minimum Gasteiger partial charge on any atom is -0.299 e. The third-order valence-corrected chi connectivity index (χ3v) is 4.91. The number of fused-ring (bicyclic) bond motifs is 1. The van der Waals surface area contributed by atoms with Gasteiger partial charge in [0, 0.05) is 11.8 Å². The van der Waals surface area contributed by atoms with Crippen LogP contribution in [0, 0.1) is 10.8 Å². The highest BCUT2D eigenvalue weighted by atomic mass is 16.1. The lowest BCUT2D eigenvalue weighted by Crippen LogP contribution is -2.26. The smallest absolute Gasteiger partial charge is 0.139 e. The van der Waals surface area contributed by atoms with Crippen LogP contribution in [0.15, 0.2) is 24.3 Å². The van der Waals surface area contributed by atoms with Crippen LogP contribution >= 0.6 is 0 Å². The first-order valence-corrected chi connectivity index (χ1v) is 6.65. The maximum Gasteiger partial charge on any atom is 0.139 e. The molecule has 1 unspecified atom stereocenters. The predicted molar refractivity (Wildman–Crippen MR) is 68.9 cm³/mol. The van der Waals surface area contributed by atoms with Crippen molar-refractivity contribution in [3.63, 3.8) is 0 Å². The summed E-state index contributed by atoms with van der Waals surface area (Å²) in [7, 11) is 0. The van der Waals surface area contributed by atoms with Crippen LogP contribution < -0.4 is 0 Å². The number of aryl methyl sites for hydroxylation is 1. The van der Waals surface area contributed by atoms with Gasteiger partial charge in [-0.05, 0) is 42.2 Å². The van der Waals surface area contributed by atoms with Crippen molar-refractivity contribution in [3.8, 4) is 0 Å². The van der Waals surface area contributed by atoms with Gasteiger partial charge in [0.2, 0.25) is 0 Å². The lowest BCUT2D eigenvalue weighted by molar-refractivity contribution is -0.125. The Hall–Kier alpha value is -1.11. The van der Waals surface area contributed by atoms with Gasteiger partial charge < -0.3 is 0 Å². The molecule has 0 N–H and O–H groups in total. The van der Waals surface area contributed by atoms with Crippen LogP contribution in [0.2, 0.25) is 0 Å². The highest BCUT2D eigenvalue weighted by Crippen LogP contribution is 2.66. The zero-order valence-corrected chi connectivity index (χ0v) is 10.8. The molecule has 1 atom stereocenters. The van der Waals surface area contributed by atoms with Crippen molar-refractivity contribution in [1.29, 1.82) is 0 Å². The first-order valence-electron chi connectivity index (χ1n) is 6.65. The summed E-state index contributed by atoms with van der Waals surface area (Å²) in [6.45, 7) is 4.49. The van der Waals surface area contributed by atoms with Crippen molar-refractivity contribution >= 4 is 5.78 Å². The highest BCUT2D eigenvalue weighted by Gasteiger charge is 2.64. The molecule has 0 bridgehead atoms. The summed E-state index contributed by atoms with van der Waals surface area (Å²) in [6, 6.07) is 8.67. The Morgan fingerprint density at radius 1 is 1.06 bits per heavy atom. The highest BCUT2D eigenvalue weighted by molar-refractivity contribution is 5.89. The predicted octanol–water partition coefficient (Wildman–Crippen LogP) is 3.55. The Bertz CT molecular complexity index is 472. The van der Waals surface area contributed by atoms with Crippen LogP contribution in [0.4, 0.5) is 0 Å². The summed E-state index contributed by atoms with van der Waals surface area (Å²) < 4.78 is 0. The van der Waals surface area contributed by atoms with Gasteiger partial charge in [-0.25, -0.2) is 0 Å². The molecule has 2 aliphatic carbocycles. The van der Waals surface area contributed by atoms with E-state index in [4.69, 9.17) is 0 Å². The third-order valence-electron chi connectivity index (χ3n) is 4.91. The van der Waals surface area contributed by atoms with E-state index in [9.17, 15) is 4.79 Å². The van der Waals surface area contributed by atoms with Crippen molar-refractivity contribution in [3.05, 3.63) is 35.4 Å². The van der Waals surface area contributed by atoms with Gasteiger partial charge in [-0.2, -0.15) is 0 Å². The lowest BCUT2D eigenvalue weighted by Gasteiger charge is -2.24. The molecule has 90 valence electrons. The van der Waals surface area contributed by atoms with Gasteiger partial charge in [-0.15, -0.1) is 0 Å². The van der Waals surface area contributed by atoms with Gasteiger partial charge in [0.25, 0.3) is 0 Å². The van der Waals surface area contributed by atoms with E-state index in [1.807, 2.05) is 0 Å². The van der Waals surface area contributed by atoms with E-state index >= 15 is 0 Å². The molecule has 0 aromatic heterocycles. The van der Waals surface area contributed by atoms with Crippen molar-refractivity contribution < 1.29 is 4.79 Å². The molecule has 1 saturated carbocycles. The van der Waals surface area contributed by atoms with Gasteiger partial charge >= 0.3 is 0 Å². The number of ketones is 1. The van der Waals surface area contributed by atoms with E-state index in [0.717, 1.165) is 32.1 Å². The normalized spacial score (nSPS) is 30.6. The molecule has 0 radical (unpaired) electrons. The molecule has 0 heterocycles. The maximum atomic E-state index is 12.4. The van der Waals surface area contributed by atoms with Crippen molar-refractivity contribution in [2.24, 2.45) is 10.8 Å². The Kier molecular flexibility index (Phi) is 2.23. The van der Waals surface area contributed by atoms with Crippen LogP contribution in [0.5, 0.6) is 0 Å². The first kappa shape index (κ1) is 11.0. The Labute approximate surface area is 103 Å². The van der Waals surface area contributed by atoms with Crippen LogP contribution in [0.1, 0.15) is 44.2 Å². The van der Waals surface area contributed by atoms with E-state index < -0.39 is 0 Å². The number of rotatable bonds is 0. The molecular weight excluding hydrogens is 208 g/mol. The molecular formula is C16H20O. The van der Waals surface area contributed by atoms with E-state index in [2.05, 4.69) is 38.1 Å². The molecule has 2 aliphatic rings.